The Kier molecular flexibility index (Phi) is 4.33. The SMILES string of the molecule is Cc1ccc2cccc(-c3ccc4c5c3CCc3ccc6c(-c7cccc8ccc(C)nc78)ccc-4c6c3-5)c2n1. The third kappa shape index (κ3) is 2.88. The number of aromatic nitrogens is 2. The van der Waals surface area contributed by atoms with Crippen molar-refractivity contribution < 1.29 is 0 Å². The molecule has 2 heterocycles. The third-order valence-electron chi connectivity index (χ3n) is 9.06. The molecule has 0 saturated heterocycles. The summed E-state index contributed by atoms with van der Waals surface area (Å²) in [6.45, 7) is 4.15. The van der Waals surface area contributed by atoms with Crippen molar-refractivity contribution in [3.05, 3.63) is 120 Å². The largest absolute Gasteiger partial charge is 0.252 e. The molecule has 0 amide bonds. The zero-order chi connectivity index (χ0) is 26.5. The Labute approximate surface area is 233 Å². The molecule has 0 radical (unpaired) electrons. The highest BCUT2D eigenvalue weighted by molar-refractivity contribution is 6.22. The minimum absolute atomic E-state index is 1.05. The molecule has 5 aromatic carbocycles. The smallest absolute Gasteiger partial charge is 0.0783 e. The lowest BCUT2D eigenvalue weighted by molar-refractivity contribution is 0.949. The first-order valence-corrected chi connectivity index (χ1v) is 14.1. The number of hydrogen-bond donors (Lipinski definition) is 0. The van der Waals surface area contributed by atoms with E-state index in [1.54, 1.807) is 0 Å². The fourth-order valence-corrected chi connectivity index (χ4v) is 7.30. The van der Waals surface area contributed by atoms with Gasteiger partial charge < -0.3 is 0 Å². The first-order chi connectivity index (χ1) is 19.7. The summed E-state index contributed by atoms with van der Waals surface area (Å²) in [5.74, 6) is 0. The summed E-state index contributed by atoms with van der Waals surface area (Å²) >= 11 is 0. The van der Waals surface area contributed by atoms with Crippen LogP contribution in [0.3, 0.4) is 0 Å². The summed E-state index contributed by atoms with van der Waals surface area (Å²) < 4.78 is 0. The highest BCUT2D eigenvalue weighted by atomic mass is 14.7. The summed E-state index contributed by atoms with van der Waals surface area (Å²) in [6.07, 6.45) is 2.11. The van der Waals surface area contributed by atoms with Crippen LogP contribution in [0.4, 0.5) is 0 Å². The van der Waals surface area contributed by atoms with Gasteiger partial charge in [0.1, 0.15) is 0 Å². The summed E-state index contributed by atoms with van der Waals surface area (Å²) in [5, 5.41) is 5.10. The van der Waals surface area contributed by atoms with Crippen molar-refractivity contribution in [1.29, 1.82) is 0 Å². The van der Waals surface area contributed by atoms with Gasteiger partial charge in [0.2, 0.25) is 0 Å². The van der Waals surface area contributed by atoms with E-state index in [-0.39, 0.29) is 0 Å². The van der Waals surface area contributed by atoms with Gasteiger partial charge in [-0.1, -0.05) is 84.9 Å². The molecule has 0 atom stereocenters. The van der Waals surface area contributed by atoms with Crippen molar-refractivity contribution in [2.75, 3.05) is 0 Å². The normalized spacial score (nSPS) is 13.1. The quantitative estimate of drug-likeness (QED) is 0.231. The molecule has 0 spiro atoms. The van der Waals surface area contributed by atoms with Gasteiger partial charge in [0.15, 0.2) is 0 Å². The van der Waals surface area contributed by atoms with E-state index in [9.17, 15) is 0 Å². The van der Waals surface area contributed by atoms with Gasteiger partial charge in [-0.25, -0.2) is 0 Å². The molecule has 2 nitrogen and oxygen atoms in total. The Hall–Kier alpha value is -4.82. The van der Waals surface area contributed by atoms with Crippen LogP contribution in [-0.4, -0.2) is 9.97 Å². The lowest BCUT2D eigenvalue weighted by Crippen LogP contribution is -2.05. The van der Waals surface area contributed by atoms with Crippen LogP contribution < -0.4 is 0 Å². The second kappa shape index (κ2) is 7.86. The molecule has 0 bridgehead atoms. The second-order valence-electron chi connectivity index (χ2n) is 11.4. The standard InChI is InChI=1S/C38H26N2/c1-21-9-11-24-5-3-7-32(37(24)39-21)26-17-19-30-31-20-18-27(33-8-4-6-25-12-10-22(2)40-38(25)33)29-16-14-23-13-15-28(26)35(30)34(23)36(29)31/h3-13,15,17-20H,14,16H2,1-2H3. The van der Waals surface area contributed by atoms with Gasteiger partial charge in [0, 0.05) is 33.3 Å². The van der Waals surface area contributed by atoms with E-state index in [0.717, 1.165) is 35.3 Å². The van der Waals surface area contributed by atoms with Crippen LogP contribution in [0.5, 0.6) is 0 Å². The van der Waals surface area contributed by atoms with Crippen LogP contribution in [0.25, 0.3) is 77.1 Å². The maximum absolute atomic E-state index is 4.98. The maximum atomic E-state index is 4.98. The van der Waals surface area contributed by atoms with Gasteiger partial charge >= 0.3 is 0 Å². The van der Waals surface area contributed by atoms with E-state index < -0.39 is 0 Å². The van der Waals surface area contributed by atoms with E-state index >= 15 is 0 Å². The van der Waals surface area contributed by atoms with Gasteiger partial charge in [-0.05, 0) is 94.1 Å². The Morgan fingerprint density at radius 1 is 0.475 bits per heavy atom. The van der Waals surface area contributed by atoms with Gasteiger partial charge in [0.05, 0.1) is 11.0 Å². The number of rotatable bonds is 2. The summed E-state index contributed by atoms with van der Waals surface area (Å²) in [4.78, 5) is 9.96. The van der Waals surface area contributed by atoms with E-state index in [4.69, 9.17) is 9.97 Å². The van der Waals surface area contributed by atoms with Crippen molar-refractivity contribution in [2.45, 2.75) is 26.7 Å². The fraction of sp³-hybridized carbons (Fsp3) is 0.105. The average molecular weight is 511 g/mol. The van der Waals surface area contributed by atoms with E-state index in [2.05, 4.69) is 111 Å². The summed E-state index contributed by atoms with van der Waals surface area (Å²) in [5.41, 5.74) is 17.9. The zero-order valence-corrected chi connectivity index (χ0v) is 22.5. The number of nitrogens with zero attached hydrogens (tertiary/aromatic N) is 2. The Balaban J connectivity index is 1.33. The number of para-hydroxylation sites is 2. The molecular formula is C38H26N2. The van der Waals surface area contributed by atoms with Gasteiger partial charge in [-0.15, -0.1) is 0 Å². The van der Waals surface area contributed by atoms with Gasteiger partial charge in [-0.3, -0.25) is 9.97 Å². The molecule has 0 N–H and O–H groups in total. The Bertz CT molecular complexity index is 2240. The molecule has 188 valence electrons. The van der Waals surface area contributed by atoms with Crippen molar-refractivity contribution in [3.63, 3.8) is 0 Å². The number of pyridine rings is 2. The summed E-state index contributed by atoms with van der Waals surface area (Å²) in [6, 6.07) is 35.8. The predicted molar refractivity (Wildman–Crippen MR) is 167 cm³/mol. The maximum Gasteiger partial charge on any atom is 0.0783 e. The molecular weight excluding hydrogens is 484 g/mol. The monoisotopic (exact) mass is 510 g/mol. The molecule has 0 unspecified atom stereocenters. The van der Waals surface area contributed by atoms with Crippen LogP contribution in [-0.2, 0) is 12.8 Å². The summed E-state index contributed by atoms with van der Waals surface area (Å²) in [7, 11) is 0. The molecule has 40 heavy (non-hydrogen) atoms. The number of aryl methyl sites for hydroxylation is 3. The van der Waals surface area contributed by atoms with Crippen molar-refractivity contribution in [3.8, 4) is 44.5 Å². The molecule has 2 aromatic heterocycles. The minimum atomic E-state index is 1.05. The topological polar surface area (TPSA) is 25.8 Å². The highest BCUT2D eigenvalue weighted by Crippen LogP contribution is 2.56. The Morgan fingerprint density at radius 3 is 1.82 bits per heavy atom. The third-order valence-corrected chi connectivity index (χ3v) is 9.06. The molecule has 9 rings (SSSR count). The second-order valence-corrected chi connectivity index (χ2v) is 11.4. The van der Waals surface area contributed by atoms with Crippen LogP contribution in [0.2, 0.25) is 0 Å². The van der Waals surface area contributed by atoms with Crippen molar-refractivity contribution >= 4 is 32.6 Å². The Morgan fingerprint density at radius 2 is 1.10 bits per heavy atom. The number of fused-ring (bicyclic) bond motifs is 3. The van der Waals surface area contributed by atoms with E-state index in [0.29, 0.717) is 0 Å². The van der Waals surface area contributed by atoms with Crippen LogP contribution in [0.15, 0.2) is 97.1 Å². The van der Waals surface area contributed by atoms with Crippen LogP contribution >= 0.6 is 0 Å². The molecule has 2 heteroatoms. The van der Waals surface area contributed by atoms with E-state index in [1.807, 2.05) is 0 Å². The molecule has 2 aliphatic rings. The lowest BCUT2D eigenvalue weighted by Gasteiger charge is -2.23. The van der Waals surface area contributed by atoms with Crippen molar-refractivity contribution in [2.24, 2.45) is 0 Å². The lowest BCUT2D eigenvalue weighted by atomic mass is 9.81. The highest BCUT2D eigenvalue weighted by Gasteiger charge is 2.32. The van der Waals surface area contributed by atoms with Crippen molar-refractivity contribution in [1.82, 2.24) is 9.97 Å². The van der Waals surface area contributed by atoms with Gasteiger partial charge in [0.25, 0.3) is 0 Å². The zero-order valence-electron chi connectivity index (χ0n) is 22.5. The molecule has 7 aromatic rings. The predicted octanol–water partition coefficient (Wildman–Crippen LogP) is 9.63. The number of benzene rings is 5. The molecule has 0 saturated carbocycles. The van der Waals surface area contributed by atoms with Gasteiger partial charge in [-0.2, -0.15) is 0 Å². The molecule has 0 aliphatic heterocycles. The first-order valence-electron chi connectivity index (χ1n) is 14.1. The minimum Gasteiger partial charge on any atom is -0.252 e. The van der Waals surface area contributed by atoms with Crippen LogP contribution in [0.1, 0.15) is 22.5 Å². The van der Waals surface area contributed by atoms with Crippen LogP contribution in [0, 0.1) is 13.8 Å². The first kappa shape index (κ1) is 22.0. The molecule has 0 fully saturated rings. The average Bonchev–Trinajstić information content (AvgIpc) is 3.33. The molecule has 2 aliphatic carbocycles. The fourth-order valence-electron chi connectivity index (χ4n) is 7.30. The van der Waals surface area contributed by atoms with E-state index in [1.165, 1.54) is 77.2 Å². The number of hydrogen-bond acceptors (Lipinski definition) is 2.